The molecule has 0 radical (unpaired) electrons. The fraction of sp³-hybridized carbons (Fsp3) is 0.312. The number of hydrogen-bond acceptors (Lipinski definition) is 3. The molecule has 0 aliphatic carbocycles. The largest absolute Gasteiger partial charge is 0.494 e. The van der Waals surface area contributed by atoms with Crippen LogP contribution in [0.25, 0.3) is 0 Å². The summed E-state index contributed by atoms with van der Waals surface area (Å²) >= 11 is 5.11. The first kappa shape index (κ1) is 15.3. The second kappa shape index (κ2) is 8.22. The van der Waals surface area contributed by atoms with Gasteiger partial charge in [-0.15, -0.1) is 11.3 Å². The van der Waals surface area contributed by atoms with Crippen LogP contribution >= 0.6 is 27.3 Å². The van der Waals surface area contributed by atoms with Crippen LogP contribution in [0.15, 0.2) is 45.2 Å². The number of halogens is 1. The Balaban J connectivity index is 1.86. The summed E-state index contributed by atoms with van der Waals surface area (Å²) in [6.07, 6.45) is 5.44. The van der Waals surface area contributed by atoms with Crippen LogP contribution in [0.2, 0.25) is 0 Å². The van der Waals surface area contributed by atoms with E-state index in [4.69, 9.17) is 4.74 Å². The second-order valence-corrected chi connectivity index (χ2v) is 6.94. The van der Waals surface area contributed by atoms with Gasteiger partial charge >= 0.3 is 0 Å². The van der Waals surface area contributed by atoms with Crippen LogP contribution in [0.1, 0.15) is 31.1 Å². The standard InChI is InChI=1S/C16H18BrNOS/c1-2-3-4-11-19-14-7-5-13(6-8-14)18-12-15-9-10-16(17)20-15/h5-10,12H,2-4,11H2,1H3. The van der Waals surface area contributed by atoms with Gasteiger partial charge in [-0.25, -0.2) is 0 Å². The maximum Gasteiger partial charge on any atom is 0.119 e. The summed E-state index contributed by atoms with van der Waals surface area (Å²) in [6, 6.07) is 12.0. The number of hydrogen-bond donors (Lipinski definition) is 0. The van der Waals surface area contributed by atoms with Gasteiger partial charge in [0, 0.05) is 11.1 Å². The highest BCUT2D eigenvalue weighted by atomic mass is 79.9. The smallest absolute Gasteiger partial charge is 0.119 e. The first-order chi connectivity index (χ1) is 9.78. The van der Waals surface area contributed by atoms with Gasteiger partial charge in [-0.1, -0.05) is 19.8 Å². The van der Waals surface area contributed by atoms with Gasteiger partial charge in [0.05, 0.1) is 16.1 Å². The molecule has 0 aliphatic heterocycles. The molecule has 1 aromatic heterocycles. The third-order valence-electron chi connectivity index (χ3n) is 2.79. The summed E-state index contributed by atoms with van der Waals surface area (Å²) in [7, 11) is 0. The molecule has 0 saturated heterocycles. The maximum absolute atomic E-state index is 5.67. The lowest BCUT2D eigenvalue weighted by molar-refractivity contribution is 0.306. The molecule has 4 heteroatoms. The molecule has 0 fully saturated rings. The molecule has 0 aliphatic rings. The highest BCUT2D eigenvalue weighted by Crippen LogP contribution is 2.22. The molecule has 0 bridgehead atoms. The monoisotopic (exact) mass is 351 g/mol. The molecule has 1 heterocycles. The minimum absolute atomic E-state index is 0.791. The Bertz CT molecular complexity index is 548. The Morgan fingerprint density at radius 2 is 1.95 bits per heavy atom. The minimum atomic E-state index is 0.791. The van der Waals surface area contributed by atoms with E-state index in [1.807, 2.05) is 42.6 Å². The zero-order valence-electron chi connectivity index (χ0n) is 11.5. The molecule has 0 N–H and O–H groups in total. The van der Waals surface area contributed by atoms with Crippen LogP contribution in [0.5, 0.6) is 5.75 Å². The summed E-state index contributed by atoms with van der Waals surface area (Å²) in [6.45, 7) is 2.98. The average Bonchev–Trinajstić information content (AvgIpc) is 2.88. The summed E-state index contributed by atoms with van der Waals surface area (Å²) < 4.78 is 6.79. The van der Waals surface area contributed by atoms with Crippen LogP contribution in [0.3, 0.4) is 0 Å². The van der Waals surface area contributed by atoms with E-state index < -0.39 is 0 Å². The summed E-state index contributed by atoms with van der Waals surface area (Å²) in [4.78, 5) is 5.59. The van der Waals surface area contributed by atoms with Crippen molar-refractivity contribution in [2.75, 3.05) is 6.61 Å². The number of aliphatic imine (C=N–C) groups is 1. The van der Waals surface area contributed by atoms with Crippen LogP contribution in [0, 0.1) is 0 Å². The summed E-state index contributed by atoms with van der Waals surface area (Å²) in [5.41, 5.74) is 0.940. The van der Waals surface area contributed by atoms with Gasteiger partial charge in [0.1, 0.15) is 5.75 Å². The van der Waals surface area contributed by atoms with Crippen molar-refractivity contribution >= 4 is 39.2 Å². The van der Waals surface area contributed by atoms with E-state index in [1.165, 1.54) is 12.8 Å². The Kier molecular flexibility index (Phi) is 6.27. The lowest BCUT2D eigenvalue weighted by Crippen LogP contribution is -1.96. The van der Waals surface area contributed by atoms with Crippen molar-refractivity contribution in [3.8, 4) is 5.75 Å². The molecule has 0 atom stereocenters. The molecule has 20 heavy (non-hydrogen) atoms. The second-order valence-electron chi connectivity index (χ2n) is 4.45. The van der Waals surface area contributed by atoms with Gasteiger partial charge in [-0.05, 0) is 58.7 Å². The van der Waals surface area contributed by atoms with Gasteiger partial charge in [0.25, 0.3) is 0 Å². The zero-order valence-corrected chi connectivity index (χ0v) is 13.9. The van der Waals surface area contributed by atoms with Crippen molar-refractivity contribution in [2.24, 2.45) is 4.99 Å². The van der Waals surface area contributed by atoms with E-state index in [0.717, 1.165) is 33.1 Å². The third-order valence-corrected chi connectivity index (χ3v) is 4.35. The van der Waals surface area contributed by atoms with Crippen LogP contribution < -0.4 is 4.74 Å². The molecule has 2 aromatic rings. The molecule has 1 aromatic carbocycles. The van der Waals surface area contributed by atoms with Crippen molar-refractivity contribution in [2.45, 2.75) is 26.2 Å². The Morgan fingerprint density at radius 1 is 1.15 bits per heavy atom. The lowest BCUT2D eigenvalue weighted by Gasteiger charge is -2.05. The molecule has 0 amide bonds. The highest BCUT2D eigenvalue weighted by Gasteiger charge is 1.96. The normalized spacial score (nSPS) is 11.1. The van der Waals surface area contributed by atoms with Crippen LogP contribution in [-0.4, -0.2) is 12.8 Å². The van der Waals surface area contributed by atoms with E-state index in [1.54, 1.807) is 11.3 Å². The van der Waals surface area contributed by atoms with E-state index >= 15 is 0 Å². The summed E-state index contributed by atoms with van der Waals surface area (Å²) in [5, 5.41) is 0. The van der Waals surface area contributed by atoms with Gasteiger partial charge in [0.15, 0.2) is 0 Å². The third kappa shape index (κ3) is 5.10. The SMILES string of the molecule is CCCCCOc1ccc(N=Cc2ccc(Br)s2)cc1. The highest BCUT2D eigenvalue weighted by molar-refractivity contribution is 9.11. The van der Waals surface area contributed by atoms with Crippen molar-refractivity contribution in [1.29, 1.82) is 0 Å². The van der Waals surface area contributed by atoms with Crippen LogP contribution in [-0.2, 0) is 0 Å². The van der Waals surface area contributed by atoms with Crippen LogP contribution in [0.4, 0.5) is 5.69 Å². The number of rotatable bonds is 7. The Hall–Kier alpha value is -1.13. The molecule has 2 nitrogen and oxygen atoms in total. The first-order valence-corrected chi connectivity index (χ1v) is 8.41. The topological polar surface area (TPSA) is 21.6 Å². The first-order valence-electron chi connectivity index (χ1n) is 6.80. The molecule has 0 unspecified atom stereocenters. The van der Waals surface area contributed by atoms with Gasteiger partial charge in [-0.3, -0.25) is 4.99 Å². The zero-order chi connectivity index (χ0) is 14.2. The molecular weight excluding hydrogens is 334 g/mol. The lowest BCUT2D eigenvalue weighted by atomic mass is 10.2. The summed E-state index contributed by atoms with van der Waals surface area (Å²) in [5.74, 6) is 0.916. The van der Waals surface area contributed by atoms with Crippen molar-refractivity contribution in [3.05, 3.63) is 45.1 Å². The number of thiophene rings is 1. The number of ether oxygens (including phenoxy) is 1. The van der Waals surface area contributed by atoms with E-state index in [0.29, 0.717) is 0 Å². The van der Waals surface area contributed by atoms with Crippen molar-refractivity contribution < 1.29 is 4.74 Å². The van der Waals surface area contributed by atoms with Gasteiger partial charge in [0.2, 0.25) is 0 Å². The van der Waals surface area contributed by atoms with E-state index in [9.17, 15) is 0 Å². The predicted molar refractivity (Wildman–Crippen MR) is 90.7 cm³/mol. The Morgan fingerprint density at radius 3 is 2.60 bits per heavy atom. The molecule has 0 spiro atoms. The maximum atomic E-state index is 5.67. The van der Waals surface area contributed by atoms with E-state index in [-0.39, 0.29) is 0 Å². The molecule has 106 valence electrons. The van der Waals surface area contributed by atoms with Gasteiger partial charge in [-0.2, -0.15) is 0 Å². The quantitative estimate of drug-likeness (QED) is 0.454. The molecular formula is C16H18BrNOS. The van der Waals surface area contributed by atoms with Crippen molar-refractivity contribution in [1.82, 2.24) is 0 Å². The average molecular weight is 352 g/mol. The predicted octanol–water partition coefficient (Wildman–Crippen LogP) is 5.83. The van der Waals surface area contributed by atoms with E-state index in [2.05, 4.69) is 27.8 Å². The number of benzene rings is 1. The minimum Gasteiger partial charge on any atom is -0.494 e. The number of nitrogens with zero attached hydrogens (tertiary/aromatic N) is 1. The van der Waals surface area contributed by atoms with Gasteiger partial charge < -0.3 is 4.74 Å². The fourth-order valence-corrected chi connectivity index (χ4v) is 3.00. The molecule has 0 saturated carbocycles. The fourth-order valence-electron chi connectivity index (χ4n) is 1.71. The number of unbranched alkanes of at least 4 members (excludes halogenated alkanes) is 2. The Labute approximate surface area is 132 Å². The molecule has 2 rings (SSSR count). The van der Waals surface area contributed by atoms with Crippen molar-refractivity contribution in [3.63, 3.8) is 0 Å².